The molecule has 1 aliphatic rings. The average molecular weight is 836 g/mol. The lowest BCUT2D eigenvalue weighted by molar-refractivity contribution is 0.660. The van der Waals surface area contributed by atoms with E-state index in [1.807, 2.05) is 0 Å². The van der Waals surface area contributed by atoms with Crippen LogP contribution in [0.4, 0.5) is 51.2 Å². The van der Waals surface area contributed by atoms with Crippen molar-refractivity contribution in [2.45, 2.75) is 26.2 Å². The standard InChI is InChI=1S/C62H49N3/c1-44-21-19-33-58-61(44)57-38-36-52(43-59(57)62(58,2)3)65(60-34-20-24-47-39-46(35-37-56(47)60)45-22-9-4-10-23-45)55-41-53(63(48-25-11-5-12-26-48)49-27-13-6-14-28-49)40-54(42-55)64(50-29-15-7-16-30-50)51-31-17-8-18-32-51/h4-43H,1-3H3. The van der Waals surface area contributed by atoms with Gasteiger partial charge in [0.05, 0.1) is 22.7 Å². The summed E-state index contributed by atoms with van der Waals surface area (Å²) >= 11 is 0. The highest BCUT2D eigenvalue weighted by Crippen LogP contribution is 2.53. The van der Waals surface area contributed by atoms with Crippen LogP contribution in [-0.2, 0) is 5.41 Å². The molecular formula is C62H49N3. The van der Waals surface area contributed by atoms with Crippen molar-refractivity contribution in [3.63, 3.8) is 0 Å². The van der Waals surface area contributed by atoms with E-state index in [9.17, 15) is 0 Å². The fraction of sp³-hybridized carbons (Fsp3) is 0.0645. The first-order valence-corrected chi connectivity index (χ1v) is 22.5. The lowest BCUT2D eigenvalue weighted by atomic mass is 9.82. The number of benzene rings is 10. The molecule has 65 heavy (non-hydrogen) atoms. The summed E-state index contributed by atoms with van der Waals surface area (Å²) in [6, 6.07) is 88.2. The molecule has 0 saturated heterocycles. The van der Waals surface area contributed by atoms with Crippen LogP contribution in [0.3, 0.4) is 0 Å². The van der Waals surface area contributed by atoms with Crippen LogP contribution in [0.5, 0.6) is 0 Å². The van der Waals surface area contributed by atoms with Gasteiger partial charge in [-0.15, -0.1) is 0 Å². The van der Waals surface area contributed by atoms with E-state index in [4.69, 9.17) is 0 Å². The highest BCUT2D eigenvalue weighted by Gasteiger charge is 2.37. The van der Waals surface area contributed by atoms with Gasteiger partial charge in [-0.05, 0) is 142 Å². The molecule has 3 heteroatoms. The number of hydrogen-bond acceptors (Lipinski definition) is 3. The number of rotatable bonds is 10. The molecule has 10 aromatic rings. The van der Waals surface area contributed by atoms with Gasteiger partial charge in [-0.2, -0.15) is 0 Å². The van der Waals surface area contributed by atoms with E-state index in [1.54, 1.807) is 0 Å². The number of para-hydroxylation sites is 4. The van der Waals surface area contributed by atoms with Crippen molar-refractivity contribution in [1.29, 1.82) is 0 Å². The van der Waals surface area contributed by atoms with E-state index in [-0.39, 0.29) is 5.41 Å². The van der Waals surface area contributed by atoms with Crippen LogP contribution in [0.25, 0.3) is 33.0 Å². The van der Waals surface area contributed by atoms with Crippen molar-refractivity contribution in [3.05, 3.63) is 259 Å². The first-order chi connectivity index (χ1) is 31.9. The van der Waals surface area contributed by atoms with Gasteiger partial charge in [0.15, 0.2) is 0 Å². The second-order valence-corrected chi connectivity index (χ2v) is 17.5. The van der Waals surface area contributed by atoms with E-state index >= 15 is 0 Å². The Labute approximate surface area is 382 Å². The largest absolute Gasteiger partial charge is 0.310 e. The Balaban J connectivity index is 1.21. The fourth-order valence-corrected chi connectivity index (χ4v) is 9.97. The third kappa shape index (κ3) is 7.22. The molecule has 0 amide bonds. The van der Waals surface area contributed by atoms with Gasteiger partial charge in [-0.1, -0.05) is 166 Å². The van der Waals surface area contributed by atoms with Crippen LogP contribution in [0.1, 0.15) is 30.5 Å². The molecule has 0 bridgehead atoms. The normalized spacial score (nSPS) is 12.4. The summed E-state index contributed by atoms with van der Waals surface area (Å²) in [6.07, 6.45) is 0. The fourth-order valence-electron chi connectivity index (χ4n) is 9.97. The van der Waals surface area contributed by atoms with Gasteiger partial charge in [0.1, 0.15) is 0 Å². The first kappa shape index (κ1) is 39.7. The van der Waals surface area contributed by atoms with Crippen LogP contribution in [0.2, 0.25) is 0 Å². The van der Waals surface area contributed by atoms with E-state index < -0.39 is 0 Å². The number of nitrogens with zero attached hydrogens (tertiary/aromatic N) is 3. The highest BCUT2D eigenvalue weighted by atomic mass is 15.2. The number of anilines is 9. The Kier molecular flexibility index (Phi) is 10.1. The molecule has 0 atom stereocenters. The Morgan fingerprint density at radius 1 is 0.323 bits per heavy atom. The Hall–Kier alpha value is -8.14. The molecule has 11 rings (SSSR count). The Bertz CT molecular complexity index is 3110. The summed E-state index contributed by atoms with van der Waals surface area (Å²) < 4.78 is 0. The van der Waals surface area contributed by atoms with Crippen molar-refractivity contribution in [3.8, 4) is 22.3 Å². The predicted molar refractivity (Wildman–Crippen MR) is 276 cm³/mol. The van der Waals surface area contributed by atoms with E-state index in [0.29, 0.717) is 0 Å². The molecule has 0 saturated carbocycles. The van der Waals surface area contributed by atoms with Gasteiger partial charge < -0.3 is 14.7 Å². The van der Waals surface area contributed by atoms with Crippen molar-refractivity contribution in [2.75, 3.05) is 14.7 Å². The number of hydrogen-bond donors (Lipinski definition) is 0. The summed E-state index contributed by atoms with van der Waals surface area (Å²) in [5.74, 6) is 0. The van der Waals surface area contributed by atoms with Gasteiger partial charge in [0.25, 0.3) is 0 Å². The third-order valence-corrected chi connectivity index (χ3v) is 13.1. The minimum atomic E-state index is -0.191. The summed E-state index contributed by atoms with van der Waals surface area (Å²) in [6.45, 7) is 7.00. The molecule has 1 aliphatic carbocycles. The maximum absolute atomic E-state index is 2.49. The zero-order valence-corrected chi connectivity index (χ0v) is 36.9. The SMILES string of the molecule is Cc1cccc2c1-c1ccc(N(c3cc(N(c4ccccc4)c4ccccc4)cc(N(c4ccccc4)c4ccccc4)c3)c3cccc4cc(-c5ccccc5)ccc34)cc1C2(C)C. The Morgan fingerprint density at radius 2 is 0.815 bits per heavy atom. The highest BCUT2D eigenvalue weighted by molar-refractivity contribution is 6.02. The lowest BCUT2D eigenvalue weighted by Crippen LogP contribution is -2.18. The van der Waals surface area contributed by atoms with Crippen molar-refractivity contribution in [1.82, 2.24) is 0 Å². The van der Waals surface area contributed by atoms with Crippen molar-refractivity contribution >= 4 is 62.0 Å². The molecule has 0 N–H and O–H groups in total. The van der Waals surface area contributed by atoms with Gasteiger partial charge in [0.2, 0.25) is 0 Å². The smallest absolute Gasteiger partial charge is 0.0540 e. The zero-order chi connectivity index (χ0) is 43.9. The molecule has 0 unspecified atom stereocenters. The van der Waals surface area contributed by atoms with Crippen molar-refractivity contribution < 1.29 is 0 Å². The number of fused-ring (bicyclic) bond motifs is 4. The van der Waals surface area contributed by atoms with Crippen LogP contribution in [0.15, 0.2) is 243 Å². The first-order valence-electron chi connectivity index (χ1n) is 22.5. The summed E-state index contributed by atoms with van der Waals surface area (Å²) in [4.78, 5) is 7.24. The van der Waals surface area contributed by atoms with Gasteiger partial charge in [-0.25, -0.2) is 0 Å². The molecule has 0 radical (unpaired) electrons. The van der Waals surface area contributed by atoms with Gasteiger partial charge in [0, 0.05) is 39.2 Å². The molecule has 0 fully saturated rings. The second kappa shape index (κ2) is 16.5. The molecular weight excluding hydrogens is 787 g/mol. The third-order valence-electron chi connectivity index (χ3n) is 13.1. The lowest BCUT2D eigenvalue weighted by Gasteiger charge is -2.33. The van der Waals surface area contributed by atoms with Crippen LogP contribution in [0, 0.1) is 6.92 Å². The second-order valence-electron chi connectivity index (χ2n) is 17.5. The maximum atomic E-state index is 2.49. The molecule has 0 aliphatic heterocycles. The zero-order valence-electron chi connectivity index (χ0n) is 36.9. The van der Waals surface area contributed by atoms with Crippen LogP contribution >= 0.6 is 0 Å². The van der Waals surface area contributed by atoms with E-state index in [2.05, 4.69) is 278 Å². The molecule has 10 aromatic carbocycles. The minimum absolute atomic E-state index is 0.191. The molecule has 312 valence electrons. The minimum Gasteiger partial charge on any atom is -0.310 e. The molecule has 0 aromatic heterocycles. The van der Waals surface area contributed by atoms with Crippen molar-refractivity contribution in [2.24, 2.45) is 0 Å². The van der Waals surface area contributed by atoms with Gasteiger partial charge >= 0.3 is 0 Å². The Morgan fingerprint density at radius 3 is 1.35 bits per heavy atom. The monoisotopic (exact) mass is 835 g/mol. The summed E-state index contributed by atoms with van der Waals surface area (Å²) in [5.41, 5.74) is 18.5. The topological polar surface area (TPSA) is 9.72 Å². The molecule has 0 heterocycles. The summed E-state index contributed by atoms with van der Waals surface area (Å²) in [5, 5.41) is 2.35. The van der Waals surface area contributed by atoms with Crippen LogP contribution < -0.4 is 14.7 Å². The predicted octanol–water partition coefficient (Wildman–Crippen LogP) is 17.5. The quantitative estimate of drug-likeness (QED) is 0.136. The maximum Gasteiger partial charge on any atom is 0.0540 e. The van der Waals surface area contributed by atoms with Crippen LogP contribution in [-0.4, -0.2) is 0 Å². The number of aryl methyl sites for hydroxylation is 1. The summed E-state index contributed by atoms with van der Waals surface area (Å²) in [7, 11) is 0. The van der Waals surface area contributed by atoms with Gasteiger partial charge in [-0.3, -0.25) is 0 Å². The molecule has 0 spiro atoms. The average Bonchev–Trinajstić information content (AvgIpc) is 3.59. The van der Waals surface area contributed by atoms with E-state index in [1.165, 1.54) is 49.7 Å². The molecule has 3 nitrogen and oxygen atoms in total. The van der Waals surface area contributed by atoms with E-state index in [0.717, 1.165) is 51.2 Å².